The van der Waals surface area contributed by atoms with Crippen LogP contribution in [0, 0.1) is 5.92 Å². The average Bonchev–Trinajstić information content (AvgIpc) is 2.36. The first kappa shape index (κ1) is 15.1. The maximum Gasteiger partial charge on any atom is 0.0891 e. The zero-order valence-electron chi connectivity index (χ0n) is 11.9. The van der Waals surface area contributed by atoms with Crippen LogP contribution in [-0.2, 0) is 17.9 Å². The standard InChI is InChI=1S/C15H26N2O/c1-4-8-16-11-14-6-5-9-17-15(14)12-18-10-7-13(2)3/h5-6,9,13,16H,4,7-8,10-12H2,1-3H3. The van der Waals surface area contributed by atoms with Crippen molar-refractivity contribution in [2.24, 2.45) is 5.92 Å². The molecule has 0 bridgehead atoms. The molecule has 1 aromatic heterocycles. The molecule has 0 aliphatic heterocycles. The first-order valence-corrected chi connectivity index (χ1v) is 6.95. The molecule has 3 nitrogen and oxygen atoms in total. The third-order valence-electron chi connectivity index (χ3n) is 2.81. The van der Waals surface area contributed by atoms with Gasteiger partial charge >= 0.3 is 0 Å². The summed E-state index contributed by atoms with van der Waals surface area (Å²) in [6.45, 7) is 9.96. The van der Waals surface area contributed by atoms with Crippen LogP contribution in [0.3, 0.4) is 0 Å². The second kappa shape index (κ2) is 9.06. The largest absolute Gasteiger partial charge is 0.375 e. The predicted octanol–water partition coefficient (Wildman–Crippen LogP) is 3.14. The van der Waals surface area contributed by atoms with Crippen LogP contribution in [0.4, 0.5) is 0 Å². The minimum atomic E-state index is 0.622. The summed E-state index contributed by atoms with van der Waals surface area (Å²) < 4.78 is 5.69. The fraction of sp³-hybridized carbons (Fsp3) is 0.667. The molecule has 0 aliphatic carbocycles. The first-order valence-electron chi connectivity index (χ1n) is 6.95. The topological polar surface area (TPSA) is 34.2 Å². The highest BCUT2D eigenvalue weighted by molar-refractivity contribution is 5.18. The van der Waals surface area contributed by atoms with Crippen molar-refractivity contribution in [1.82, 2.24) is 10.3 Å². The lowest BCUT2D eigenvalue weighted by molar-refractivity contribution is 0.107. The van der Waals surface area contributed by atoms with Crippen LogP contribution < -0.4 is 5.32 Å². The number of rotatable bonds is 9. The van der Waals surface area contributed by atoms with E-state index in [9.17, 15) is 0 Å². The first-order chi connectivity index (χ1) is 8.74. The van der Waals surface area contributed by atoms with E-state index in [2.05, 4.69) is 37.1 Å². The van der Waals surface area contributed by atoms with E-state index in [0.29, 0.717) is 12.5 Å². The van der Waals surface area contributed by atoms with E-state index >= 15 is 0 Å². The summed E-state index contributed by atoms with van der Waals surface area (Å²) in [5, 5.41) is 3.40. The molecule has 0 spiro atoms. The summed E-state index contributed by atoms with van der Waals surface area (Å²) in [6, 6.07) is 4.11. The number of nitrogens with zero attached hydrogens (tertiary/aromatic N) is 1. The van der Waals surface area contributed by atoms with Crippen molar-refractivity contribution in [3.05, 3.63) is 29.6 Å². The van der Waals surface area contributed by atoms with Gasteiger partial charge in [-0.3, -0.25) is 4.98 Å². The number of hydrogen-bond acceptors (Lipinski definition) is 3. The molecule has 18 heavy (non-hydrogen) atoms. The Labute approximate surface area is 111 Å². The van der Waals surface area contributed by atoms with Crippen molar-refractivity contribution in [3.8, 4) is 0 Å². The zero-order valence-corrected chi connectivity index (χ0v) is 11.9. The van der Waals surface area contributed by atoms with Gasteiger partial charge in [0, 0.05) is 19.3 Å². The highest BCUT2D eigenvalue weighted by Gasteiger charge is 2.03. The molecule has 0 amide bonds. The zero-order chi connectivity index (χ0) is 13.2. The summed E-state index contributed by atoms with van der Waals surface area (Å²) in [5.41, 5.74) is 2.31. The second-order valence-corrected chi connectivity index (χ2v) is 5.02. The van der Waals surface area contributed by atoms with Gasteiger partial charge in [-0.25, -0.2) is 0 Å². The summed E-state index contributed by atoms with van der Waals surface area (Å²) >= 11 is 0. The Kier molecular flexibility index (Phi) is 7.62. The predicted molar refractivity (Wildman–Crippen MR) is 75.3 cm³/mol. The normalized spacial score (nSPS) is 11.1. The van der Waals surface area contributed by atoms with Crippen molar-refractivity contribution in [2.75, 3.05) is 13.2 Å². The van der Waals surface area contributed by atoms with Crippen LogP contribution in [0.15, 0.2) is 18.3 Å². The quantitative estimate of drug-likeness (QED) is 0.684. The van der Waals surface area contributed by atoms with Crippen molar-refractivity contribution in [1.29, 1.82) is 0 Å². The Morgan fingerprint density at radius 3 is 2.94 bits per heavy atom. The van der Waals surface area contributed by atoms with Gasteiger partial charge in [-0.1, -0.05) is 26.8 Å². The molecule has 1 N–H and O–H groups in total. The second-order valence-electron chi connectivity index (χ2n) is 5.02. The van der Waals surface area contributed by atoms with Gasteiger partial charge in [0.1, 0.15) is 0 Å². The molecule has 0 fully saturated rings. The number of aromatic nitrogens is 1. The van der Waals surface area contributed by atoms with E-state index in [1.807, 2.05) is 12.3 Å². The van der Waals surface area contributed by atoms with Gasteiger partial charge in [-0.15, -0.1) is 0 Å². The van der Waals surface area contributed by atoms with Crippen LogP contribution in [0.2, 0.25) is 0 Å². The fourth-order valence-electron chi connectivity index (χ4n) is 1.65. The van der Waals surface area contributed by atoms with Gasteiger partial charge in [-0.2, -0.15) is 0 Å². The van der Waals surface area contributed by atoms with Crippen LogP contribution >= 0.6 is 0 Å². The van der Waals surface area contributed by atoms with E-state index in [1.165, 1.54) is 5.56 Å². The van der Waals surface area contributed by atoms with E-state index in [-0.39, 0.29) is 0 Å². The monoisotopic (exact) mass is 250 g/mol. The van der Waals surface area contributed by atoms with Crippen molar-refractivity contribution in [3.63, 3.8) is 0 Å². The van der Waals surface area contributed by atoms with E-state index in [4.69, 9.17) is 4.74 Å². The van der Waals surface area contributed by atoms with Crippen molar-refractivity contribution < 1.29 is 4.74 Å². The molecule has 0 unspecified atom stereocenters. The van der Waals surface area contributed by atoms with Gasteiger partial charge in [0.2, 0.25) is 0 Å². The Hall–Kier alpha value is -0.930. The molecule has 0 radical (unpaired) electrons. The van der Waals surface area contributed by atoms with Gasteiger partial charge in [-0.05, 0) is 36.9 Å². The molecule has 1 rings (SSSR count). The summed E-state index contributed by atoms with van der Waals surface area (Å²) in [4.78, 5) is 4.41. The van der Waals surface area contributed by atoms with Gasteiger partial charge in [0.05, 0.1) is 12.3 Å². The van der Waals surface area contributed by atoms with Gasteiger partial charge < -0.3 is 10.1 Å². The average molecular weight is 250 g/mol. The Balaban J connectivity index is 2.38. The summed E-state index contributed by atoms with van der Waals surface area (Å²) in [5.74, 6) is 0.694. The molecule has 0 aromatic carbocycles. The van der Waals surface area contributed by atoms with E-state index in [1.54, 1.807) is 0 Å². The van der Waals surface area contributed by atoms with Crippen LogP contribution in [0.25, 0.3) is 0 Å². The van der Waals surface area contributed by atoms with Crippen molar-refractivity contribution >= 4 is 0 Å². The maximum atomic E-state index is 5.69. The molecule has 0 saturated carbocycles. The molecule has 0 atom stereocenters. The third kappa shape index (κ3) is 6.12. The van der Waals surface area contributed by atoms with E-state index < -0.39 is 0 Å². The van der Waals surface area contributed by atoms with Crippen LogP contribution in [-0.4, -0.2) is 18.1 Å². The minimum absolute atomic E-state index is 0.622. The Bertz CT molecular complexity index is 326. The Morgan fingerprint density at radius 2 is 2.22 bits per heavy atom. The third-order valence-corrected chi connectivity index (χ3v) is 2.81. The number of pyridine rings is 1. The molecule has 0 saturated heterocycles. The lowest BCUT2D eigenvalue weighted by atomic mass is 10.1. The molecule has 1 aromatic rings. The Morgan fingerprint density at radius 1 is 1.39 bits per heavy atom. The minimum Gasteiger partial charge on any atom is -0.375 e. The number of hydrogen-bond donors (Lipinski definition) is 1. The van der Waals surface area contributed by atoms with Crippen LogP contribution in [0.1, 0.15) is 44.9 Å². The summed E-state index contributed by atoms with van der Waals surface area (Å²) in [7, 11) is 0. The maximum absolute atomic E-state index is 5.69. The number of ether oxygens (including phenoxy) is 1. The molecule has 3 heteroatoms. The van der Waals surface area contributed by atoms with Crippen LogP contribution in [0.5, 0.6) is 0 Å². The lowest BCUT2D eigenvalue weighted by Gasteiger charge is -2.10. The van der Waals surface area contributed by atoms with Gasteiger partial charge in [0.15, 0.2) is 0 Å². The highest BCUT2D eigenvalue weighted by Crippen LogP contribution is 2.08. The highest BCUT2D eigenvalue weighted by atomic mass is 16.5. The molecule has 1 heterocycles. The fourth-order valence-corrected chi connectivity index (χ4v) is 1.65. The molecule has 102 valence electrons. The molecular weight excluding hydrogens is 224 g/mol. The SMILES string of the molecule is CCCNCc1cccnc1COCCC(C)C. The number of nitrogens with one attached hydrogen (secondary N) is 1. The smallest absolute Gasteiger partial charge is 0.0891 e. The van der Waals surface area contributed by atoms with Crippen molar-refractivity contribution in [2.45, 2.75) is 46.8 Å². The molecular formula is C15H26N2O. The van der Waals surface area contributed by atoms with E-state index in [0.717, 1.165) is 38.2 Å². The lowest BCUT2D eigenvalue weighted by Crippen LogP contribution is -2.16. The summed E-state index contributed by atoms with van der Waals surface area (Å²) in [6.07, 6.45) is 4.10. The van der Waals surface area contributed by atoms with Gasteiger partial charge in [0.25, 0.3) is 0 Å². The molecule has 0 aliphatic rings.